The van der Waals surface area contributed by atoms with E-state index in [9.17, 15) is 20.0 Å². The molecule has 1 heterocycles. The first-order valence-electron chi connectivity index (χ1n) is 7.83. The largest absolute Gasteiger partial charge is 0.500 e. The summed E-state index contributed by atoms with van der Waals surface area (Å²) in [6, 6.07) is 10.2. The highest BCUT2D eigenvalue weighted by atomic mass is 32.2. The van der Waals surface area contributed by atoms with E-state index in [1.807, 2.05) is 24.3 Å². The van der Waals surface area contributed by atoms with E-state index >= 15 is 0 Å². The molecule has 2 aromatic carbocycles. The lowest BCUT2D eigenvalue weighted by Gasteiger charge is -2.05. The molecule has 2 N–H and O–H groups in total. The molecule has 0 aliphatic heterocycles. The number of para-hydroxylation sites is 1. The molecular formula is C17H14N4O5S2. The summed E-state index contributed by atoms with van der Waals surface area (Å²) < 4.78 is 6.73. The third kappa shape index (κ3) is 4.56. The van der Waals surface area contributed by atoms with Crippen LogP contribution in [0.25, 0.3) is 10.2 Å². The van der Waals surface area contributed by atoms with Crippen molar-refractivity contribution in [3.63, 3.8) is 0 Å². The highest BCUT2D eigenvalue weighted by molar-refractivity contribution is 8.01. The van der Waals surface area contributed by atoms with Crippen LogP contribution in [0.5, 0.6) is 11.5 Å². The summed E-state index contributed by atoms with van der Waals surface area (Å²) in [5, 5.41) is 24.5. The van der Waals surface area contributed by atoms with E-state index in [-0.39, 0.29) is 17.4 Å². The standard InChI is InChI=1S/C17H14N4O5S2/c1-26-13-7-10(6-12(16(13)23)21(24)25)8-18-20-15(22)9-27-17-19-11-4-2-3-5-14(11)28-17/h2-8,23H,9H2,1H3,(H,20,22)/b18-8+. The summed E-state index contributed by atoms with van der Waals surface area (Å²) in [6.45, 7) is 0. The number of ether oxygens (including phenoxy) is 1. The molecule has 3 rings (SSSR count). The van der Waals surface area contributed by atoms with Crippen LogP contribution in [-0.4, -0.2) is 40.0 Å². The van der Waals surface area contributed by atoms with E-state index in [0.29, 0.717) is 5.56 Å². The maximum absolute atomic E-state index is 11.9. The van der Waals surface area contributed by atoms with Crippen LogP contribution in [0.4, 0.5) is 5.69 Å². The smallest absolute Gasteiger partial charge is 0.315 e. The van der Waals surface area contributed by atoms with E-state index in [4.69, 9.17) is 4.74 Å². The average molecular weight is 418 g/mol. The Kier molecular flexibility index (Phi) is 6.06. The maximum atomic E-state index is 11.9. The Bertz CT molecular complexity index is 1030. The molecule has 28 heavy (non-hydrogen) atoms. The highest BCUT2D eigenvalue weighted by Crippen LogP contribution is 2.36. The van der Waals surface area contributed by atoms with Crippen LogP contribution < -0.4 is 10.2 Å². The Morgan fingerprint density at radius 1 is 1.46 bits per heavy atom. The fraction of sp³-hybridized carbons (Fsp3) is 0.118. The summed E-state index contributed by atoms with van der Waals surface area (Å²) in [5.74, 6) is -0.856. The van der Waals surface area contributed by atoms with Gasteiger partial charge in [0.05, 0.1) is 34.2 Å². The van der Waals surface area contributed by atoms with E-state index in [1.165, 1.54) is 42.5 Å². The van der Waals surface area contributed by atoms with Crippen LogP contribution in [0.1, 0.15) is 5.56 Å². The number of aromatic nitrogens is 1. The number of carbonyl (C=O) groups excluding carboxylic acids is 1. The monoisotopic (exact) mass is 418 g/mol. The van der Waals surface area contributed by atoms with Crippen molar-refractivity contribution in [3.8, 4) is 11.5 Å². The van der Waals surface area contributed by atoms with Gasteiger partial charge in [0, 0.05) is 11.6 Å². The van der Waals surface area contributed by atoms with Gasteiger partial charge in [0.2, 0.25) is 5.75 Å². The van der Waals surface area contributed by atoms with Crippen LogP contribution in [0.15, 0.2) is 45.8 Å². The number of amides is 1. The van der Waals surface area contributed by atoms with Crippen molar-refractivity contribution in [1.29, 1.82) is 0 Å². The topological polar surface area (TPSA) is 127 Å². The van der Waals surface area contributed by atoms with Gasteiger partial charge >= 0.3 is 5.69 Å². The van der Waals surface area contributed by atoms with Crippen LogP contribution >= 0.6 is 23.1 Å². The number of hydrogen-bond donors (Lipinski definition) is 2. The number of benzene rings is 2. The molecular weight excluding hydrogens is 404 g/mol. The quantitative estimate of drug-likeness (QED) is 0.261. The molecule has 9 nitrogen and oxygen atoms in total. The fourth-order valence-corrected chi connectivity index (χ4v) is 4.10. The number of hydrogen-bond acceptors (Lipinski definition) is 9. The SMILES string of the molecule is COc1cc(/C=N/NC(=O)CSc2nc3ccccc3s2)cc([N+](=O)[O-])c1O. The van der Waals surface area contributed by atoms with Gasteiger partial charge in [0.15, 0.2) is 10.1 Å². The second-order valence-corrected chi connectivity index (χ2v) is 7.63. The molecule has 0 aliphatic rings. The van der Waals surface area contributed by atoms with Gasteiger partial charge in [-0.05, 0) is 18.2 Å². The zero-order chi connectivity index (χ0) is 20.1. The van der Waals surface area contributed by atoms with Gasteiger partial charge in [0.1, 0.15) is 0 Å². The number of methoxy groups -OCH3 is 1. The first kappa shape index (κ1) is 19.6. The number of rotatable bonds is 7. The summed E-state index contributed by atoms with van der Waals surface area (Å²) in [4.78, 5) is 26.6. The number of nitro groups is 1. The number of nitrogens with zero attached hydrogens (tertiary/aromatic N) is 3. The van der Waals surface area contributed by atoms with Crippen molar-refractivity contribution >= 4 is 51.1 Å². The van der Waals surface area contributed by atoms with E-state index < -0.39 is 16.4 Å². The number of fused-ring (bicyclic) bond motifs is 1. The van der Waals surface area contributed by atoms with Gasteiger partial charge in [0.25, 0.3) is 5.91 Å². The minimum absolute atomic E-state index is 0.0617. The minimum atomic E-state index is -0.734. The number of phenols is 1. The van der Waals surface area contributed by atoms with Gasteiger partial charge in [-0.25, -0.2) is 10.4 Å². The molecule has 144 valence electrons. The predicted octanol–water partition coefficient (Wildman–Crippen LogP) is 3.16. The van der Waals surface area contributed by atoms with Crippen LogP contribution in [0.3, 0.4) is 0 Å². The zero-order valence-corrected chi connectivity index (χ0v) is 16.1. The van der Waals surface area contributed by atoms with Crippen molar-refractivity contribution in [2.24, 2.45) is 5.10 Å². The average Bonchev–Trinajstić information content (AvgIpc) is 3.10. The van der Waals surface area contributed by atoms with Gasteiger partial charge < -0.3 is 9.84 Å². The molecule has 1 aromatic heterocycles. The fourth-order valence-electron chi connectivity index (χ4n) is 2.23. The maximum Gasteiger partial charge on any atom is 0.315 e. The highest BCUT2D eigenvalue weighted by Gasteiger charge is 2.19. The molecule has 0 bridgehead atoms. The molecule has 0 radical (unpaired) electrons. The Balaban J connectivity index is 1.60. The number of carbonyl (C=O) groups is 1. The summed E-state index contributed by atoms with van der Waals surface area (Å²) in [5.41, 5.74) is 3.01. The summed E-state index contributed by atoms with van der Waals surface area (Å²) in [6.07, 6.45) is 1.23. The predicted molar refractivity (Wildman–Crippen MR) is 107 cm³/mol. The second-order valence-electron chi connectivity index (χ2n) is 5.38. The molecule has 0 saturated heterocycles. The number of nitrogens with one attached hydrogen (secondary N) is 1. The van der Waals surface area contributed by atoms with Crippen molar-refractivity contribution in [2.45, 2.75) is 4.34 Å². The van der Waals surface area contributed by atoms with Crippen LogP contribution in [0.2, 0.25) is 0 Å². The van der Waals surface area contributed by atoms with Crippen LogP contribution in [-0.2, 0) is 4.79 Å². The number of nitro benzene ring substituents is 1. The Morgan fingerprint density at radius 3 is 2.96 bits per heavy atom. The molecule has 0 saturated carbocycles. The van der Waals surface area contributed by atoms with Crippen molar-refractivity contribution < 1.29 is 19.6 Å². The normalized spacial score (nSPS) is 11.0. The number of thiazole rings is 1. The van der Waals surface area contributed by atoms with E-state index in [2.05, 4.69) is 15.5 Å². The summed E-state index contributed by atoms with van der Waals surface area (Å²) in [7, 11) is 1.28. The van der Waals surface area contributed by atoms with Gasteiger partial charge in [-0.15, -0.1) is 11.3 Å². The molecule has 1 amide bonds. The van der Waals surface area contributed by atoms with Gasteiger partial charge in [-0.3, -0.25) is 14.9 Å². The Hall–Kier alpha value is -3.18. The van der Waals surface area contributed by atoms with Crippen LogP contribution in [0, 0.1) is 10.1 Å². The number of aromatic hydroxyl groups is 1. The third-order valence-corrected chi connectivity index (χ3v) is 5.68. The third-order valence-electron chi connectivity index (χ3n) is 3.50. The number of phenolic OH excluding ortho intramolecular Hbond substituents is 1. The Labute approximate surface area is 167 Å². The first-order valence-corrected chi connectivity index (χ1v) is 9.64. The van der Waals surface area contributed by atoms with Gasteiger partial charge in [-0.1, -0.05) is 23.9 Å². The van der Waals surface area contributed by atoms with Gasteiger partial charge in [-0.2, -0.15) is 5.10 Å². The summed E-state index contributed by atoms with van der Waals surface area (Å²) >= 11 is 2.80. The molecule has 0 unspecified atom stereocenters. The molecule has 0 spiro atoms. The molecule has 0 aliphatic carbocycles. The second kappa shape index (κ2) is 8.67. The number of thioether (sulfide) groups is 1. The molecule has 0 atom stereocenters. The lowest BCUT2D eigenvalue weighted by atomic mass is 10.2. The lowest BCUT2D eigenvalue weighted by Crippen LogP contribution is -2.19. The van der Waals surface area contributed by atoms with E-state index in [0.717, 1.165) is 20.6 Å². The molecule has 0 fully saturated rings. The molecule has 3 aromatic rings. The first-order chi connectivity index (χ1) is 13.5. The minimum Gasteiger partial charge on any atom is -0.500 e. The van der Waals surface area contributed by atoms with Crippen molar-refractivity contribution in [2.75, 3.05) is 12.9 Å². The van der Waals surface area contributed by atoms with E-state index in [1.54, 1.807) is 0 Å². The lowest BCUT2D eigenvalue weighted by molar-refractivity contribution is -0.386. The zero-order valence-electron chi connectivity index (χ0n) is 14.5. The number of hydrazone groups is 1. The van der Waals surface area contributed by atoms with Crippen molar-refractivity contribution in [3.05, 3.63) is 52.1 Å². The Morgan fingerprint density at radius 2 is 2.25 bits per heavy atom. The van der Waals surface area contributed by atoms with Crippen molar-refractivity contribution in [1.82, 2.24) is 10.4 Å². The molecule has 11 heteroatoms.